The first-order valence-electron chi connectivity index (χ1n) is 5.14. The van der Waals surface area contributed by atoms with Gasteiger partial charge in [-0.2, -0.15) is 8.78 Å². The summed E-state index contributed by atoms with van der Waals surface area (Å²) in [5.74, 6) is -0.371. The van der Waals surface area contributed by atoms with Crippen molar-refractivity contribution in [1.29, 1.82) is 0 Å². The van der Waals surface area contributed by atoms with Crippen LogP contribution in [0.3, 0.4) is 0 Å². The van der Waals surface area contributed by atoms with Crippen LogP contribution in [-0.2, 0) is 4.79 Å². The smallest absolute Gasteiger partial charge is 0.387 e. The number of ether oxygens (including phenoxy) is 1. The third-order valence-electron chi connectivity index (χ3n) is 2.10. The summed E-state index contributed by atoms with van der Waals surface area (Å²) in [5, 5.41) is 2.52. The van der Waals surface area contributed by atoms with Crippen molar-refractivity contribution in [3.05, 3.63) is 24.3 Å². The van der Waals surface area contributed by atoms with Crippen molar-refractivity contribution in [2.75, 3.05) is 5.32 Å². The fourth-order valence-electron chi connectivity index (χ4n) is 1.17. The minimum Gasteiger partial charge on any atom is -0.435 e. The van der Waals surface area contributed by atoms with E-state index in [-0.39, 0.29) is 11.7 Å². The molecule has 17 heavy (non-hydrogen) atoms. The van der Waals surface area contributed by atoms with Gasteiger partial charge in [-0.15, -0.1) is 0 Å². The van der Waals surface area contributed by atoms with Crippen LogP contribution < -0.4 is 15.8 Å². The largest absolute Gasteiger partial charge is 0.435 e. The molecular formula is C11H14F2N2O2. The molecule has 1 rings (SSSR count). The Hall–Kier alpha value is -1.69. The maximum absolute atomic E-state index is 12.0. The van der Waals surface area contributed by atoms with Crippen LogP contribution in [0, 0.1) is 0 Å². The number of nitrogens with two attached hydrogens (primary N) is 1. The molecule has 6 heteroatoms. The second-order valence-corrected chi connectivity index (χ2v) is 3.41. The van der Waals surface area contributed by atoms with E-state index in [1.54, 1.807) is 13.0 Å². The summed E-state index contributed by atoms with van der Waals surface area (Å²) in [6.45, 7) is -1.11. The molecule has 0 aliphatic carbocycles. The van der Waals surface area contributed by atoms with Crippen LogP contribution in [0.15, 0.2) is 24.3 Å². The summed E-state index contributed by atoms with van der Waals surface area (Å²) in [6.07, 6.45) is 0.499. The van der Waals surface area contributed by atoms with Crippen molar-refractivity contribution < 1.29 is 18.3 Å². The molecule has 4 nitrogen and oxygen atoms in total. The monoisotopic (exact) mass is 244 g/mol. The van der Waals surface area contributed by atoms with Crippen molar-refractivity contribution in [2.45, 2.75) is 26.0 Å². The maximum Gasteiger partial charge on any atom is 0.387 e. The Balaban J connectivity index is 2.68. The van der Waals surface area contributed by atoms with Crippen LogP contribution in [0.4, 0.5) is 14.5 Å². The highest BCUT2D eigenvalue weighted by atomic mass is 19.3. The first-order valence-corrected chi connectivity index (χ1v) is 5.14. The number of nitrogens with one attached hydrogen (secondary N) is 1. The molecule has 0 aliphatic rings. The molecule has 94 valence electrons. The number of anilines is 1. The Kier molecular flexibility index (Phi) is 4.84. The lowest BCUT2D eigenvalue weighted by Gasteiger charge is -2.11. The Morgan fingerprint density at radius 1 is 1.53 bits per heavy atom. The van der Waals surface area contributed by atoms with Gasteiger partial charge in [0.15, 0.2) is 0 Å². The van der Waals surface area contributed by atoms with E-state index in [1.165, 1.54) is 18.2 Å². The van der Waals surface area contributed by atoms with E-state index in [0.717, 1.165) is 0 Å². The number of benzene rings is 1. The van der Waals surface area contributed by atoms with Gasteiger partial charge in [0, 0.05) is 11.8 Å². The van der Waals surface area contributed by atoms with Gasteiger partial charge >= 0.3 is 6.61 Å². The predicted octanol–water partition coefficient (Wildman–Crippen LogP) is 1.96. The van der Waals surface area contributed by atoms with E-state index in [0.29, 0.717) is 12.1 Å². The second-order valence-electron chi connectivity index (χ2n) is 3.41. The third kappa shape index (κ3) is 4.36. The van der Waals surface area contributed by atoms with Crippen LogP contribution in [0.1, 0.15) is 13.3 Å². The molecule has 0 saturated heterocycles. The summed E-state index contributed by atoms with van der Waals surface area (Å²) in [7, 11) is 0. The zero-order valence-corrected chi connectivity index (χ0v) is 9.32. The number of alkyl halides is 2. The lowest BCUT2D eigenvalue weighted by molar-refractivity contribution is -0.117. The average molecular weight is 244 g/mol. The molecule has 0 fully saturated rings. The van der Waals surface area contributed by atoms with E-state index in [1.807, 2.05) is 0 Å². The minimum absolute atomic E-state index is 0.0112. The van der Waals surface area contributed by atoms with Gasteiger partial charge in [-0.25, -0.2) is 0 Å². The summed E-state index contributed by atoms with van der Waals surface area (Å²) in [6, 6.07) is 5.15. The Labute approximate surface area is 97.8 Å². The number of amides is 1. The van der Waals surface area contributed by atoms with E-state index >= 15 is 0 Å². The Bertz CT molecular complexity index is 385. The van der Waals surface area contributed by atoms with E-state index in [9.17, 15) is 13.6 Å². The summed E-state index contributed by atoms with van der Waals surface area (Å²) in [4.78, 5) is 11.5. The van der Waals surface area contributed by atoms with Crippen molar-refractivity contribution in [1.82, 2.24) is 0 Å². The highest BCUT2D eigenvalue weighted by Gasteiger charge is 2.11. The topological polar surface area (TPSA) is 64.4 Å². The molecule has 1 aromatic carbocycles. The average Bonchev–Trinajstić information content (AvgIpc) is 2.27. The molecule has 0 spiro atoms. The maximum atomic E-state index is 12.0. The minimum atomic E-state index is -2.89. The van der Waals surface area contributed by atoms with Crippen molar-refractivity contribution in [2.24, 2.45) is 5.73 Å². The molecule has 1 unspecified atom stereocenters. The molecule has 1 atom stereocenters. The Morgan fingerprint density at radius 2 is 2.24 bits per heavy atom. The molecule has 0 bridgehead atoms. The first-order chi connectivity index (χ1) is 8.02. The molecule has 0 radical (unpaired) electrons. The second kappa shape index (κ2) is 6.15. The summed E-state index contributed by atoms with van der Waals surface area (Å²) < 4.78 is 28.1. The van der Waals surface area contributed by atoms with Crippen molar-refractivity contribution in [3.63, 3.8) is 0 Å². The fraction of sp³-hybridized carbons (Fsp3) is 0.364. The normalized spacial score (nSPS) is 12.3. The van der Waals surface area contributed by atoms with Crippen molar-refractivity contribution >= 4 is 11.6 Å². The highest BCUT2D eigenvalue weighted by molar-refractivity contribution is 5.94. The van der Waals surface area contributed by atoms with E-state index in [4.69, 9.17) is 5.73 Å². The van der Waals surface area contributed by atoms with Gasteiger partial charge in [0.25, 0.3) is 0 Å². The van der Waals surface area contributed by atoms with Gasteiger partial charge in [0.05, 0.1) is 6.04 Å². The van der Waals surface area contributed by atoms with E-state index in [2.05, 4.69) is 10.1 Å². The number of hydrogen-bond acceptors (Lipinski definition) is 3. The van der Waals surface area contributed by atoms with Crippen LogP contribution in [0.2, 0.25) is 0 Å². The molecule has 1 aromatic rings. The fourth-order valence-corrected chi connectivity index (χ4v) is 1.17. The SMILES string of the molecule is CCC(N)C(=O)Nc1cccc(OC(F)F)c1. The number of carbonyl (C=O) groups is 1. The summed E-state index contributed by atoms with van der Waals surface area (Å²) in [5.41, 5.74) is 5.89. The molecule has 1 amide bonds. The molecule has 0 saturated carbocycles. The Morgan fingerprint density at radius 3 is 2.82 bits per heavy atom. The number of rotatable bonds is 5. The highest BCUT2D eigenvalue weighted by Crippen LogP contribution is 2.19. The zero-order chi connectivity index (χ0) is 12.8. The van der Waals surface area contributed by atoms with Crippen LogP contribution in [-0.4, -0.2) is 18.6 Å². The zero-order valence-electron chi connectivity index (χ0n) is 9.32. The van der Waals surface area contributed by atoms with Gasteiger partial charge in [-0.3, -0.25) is 4.79 Å². The van der Waals surface area contributed by atoms with Gasteiger partial charge in [-0.05, 0) is 18.6 Å². The lowest BCUT2D eigenvalue weighted by Crippen LogP contribution is -2.34. The van der Waals surface area contributed by atoms with Crippen LogP contribution in [0.25, 0.3) is 0 Å². The van der Waals surface area contributed by atoms with Gasteiger partial charge in [0.1, 0.15) is 5.75 Å². The third-order valence-corrected chi connectivity index (χ3v) is 2.10. The first kappa shape index (κ1) is 13.4. The molecule has 3 N–H and O–H groups in total. The van der Waals surface area contributed by atoms with Crippen LogP contribution in [0.5, 0.6) is 5.75 Å². The van der Waals surface area contributed by atoms with Crippen LogP contribution >= 0.6 is 0 Å². The molecule has 0 heterocycles. The standard InChI is InChI=1S/C11H14F2N2O2/c1-2-9(14)10(16)15-7-4-3-5-8(6-7)17-11(12)13/h3-6,9,11H,2,14H2,1H3,(H,15,16). The van der Waals surface area contributed by atoms with Gasteiger partial charge < -0.3 is 15.8 Å². The molecular weight excluding hydrogens is 230 g/mol. The molecule has 0 aliphatic heterocycles. The summed E-state index contributed by atoms with van der Waals surface area (Å²) >= 11 is 0. The van der Waals surface area contributed by atoms with E-state index < -0.39 is 12.7 Å². The number of carbonyl (C=O) groups excluding carboxylic acids is 1. The van der Waals surface area contributed by atoms with Gasteiger partial charge in [-0.1, -0.05) is 13.0 Å². The lowest BCUT2D eigenvalue weighted by atomic mass is 10.2. The van der Waals surface area contributed by atoms with Crippen molar-refractivity contribution in [3.8, 4) is 5.75 Å². The predicted molar refractivity (Wildman–Crippen MR) is 60.0 cm³/mol. The quantitative estimate of drug-likeness (QED) is 0.832. The number of halogens is 2. The molecule has 0 aromatic heterocycles. The van der Waals surface area contributed by atoms with Gasteiger partial charge in [0.2, 0.25) is 5.91 Å². The number of hydrogen-bond donors (Lipinski definition) is 2.